The van der Waals surface area contributed by atoms with Crippen molar-refractivity contribution in [3.05, 3.63) is 11.3 Å². The molecule has 0 saturated heterocycles. The second kappa shape index (κ2) is 2.92. The zero-order valence-electron chi connectivity index (χ0n) is 6.79. The van der Waals surface area contributed by atoms with Crippen LogP contribution in [0.3, 0.4) is 0 Å². The van der Waals surface area contributed by atoms with Gasteiger partial charge in [0.2, 0.25) is 0 Å². The normalized spacial score (nSPS) is 13.4. The Morgan fingerprint density at radius 1 is 1.21 bits per heavy atom. The van der Waals surface area contributed by atoms with Crippen molar-refractivity contribution >= 4 is 12.6 Å². The molecule has 80 valence electrons. The van der Waals surface area contributed by atoms with E-state index in [4.69, 9.17) is 0 Å². The molecule has 0 aliphatic rings. The number of hydrogen-bond acceptors (Lipinski definition) is 1. The predicted octanol–water partition coefficient (Wildman–Crippen LogP) is 1.79. The number of nitrogens with one attached hydrogen (secondary N) is 1. The lowest BCUT2D eigenvalue weighted by molar-refractivity contribution is -0.137. The van der Waals surface area contributed by atoms with Gasteiger partial charge >= 0.3 is 13.2 Å². The molecular weight excluding hydrogens is 213 g/mol. The third-order valence-corrected chi connectivity index (χ3v) is 1.59. The van der Waals surface area contributed by atoms with E-state index >= 15 is 0 Å². The lowest BCUT2D eigenvalue weighted by Crippen LogP contribution is -2.40. The number of H-pyrrole nitrogens is 1. The first kappa shape index (κ1) is 10.9. The molecule has 0 spiro atoms. The molecule has 1 heterocycles. The van der Waals surface area contributed by atoms with Crippen LogP contribution < -0.4 is 5.59 Å². The van der Waals surface area contributed by atoms with Gasteiger partial charge in [0.15, 0.2) is 0 Å². The van der Waals surface area contributed by atoms with Crippen molar-refractivity contribution in [3.8, 4) is 0 Å². The molecule has 2 nitrogen and oxygen atoms in total. The fraction of sp³-hybridized carbons (Fsp3) is 0.400. The van der Waals surface area contributed by atoms with E-state index in [-0.39, 0.29) is 0 Å². The maximum Gasteiger partial charge on any atom is 0.527 e. The minimum atomic E-state index is -5.72. The van der Waals surface area contributed by atoms with Crippen molar-refractivity contribution in [1.82, 2.24) is 10.2 Å². The van der Waals surface area contributed by atoms with Gasteiger partial charge in [0.05, 0.1) is 11.3 Å². The SMILES string of the molecule is Cc1n[nH]c([B-](F)(F)F)c1C(F)(F)F. The Labute approximate surface area is 74.4 Å². The van der Waals surface area contributed by atoms with Crippen molar-refractivity contribution in [3.63, 3.8) is 0 Å². The monoisotopic (exact) mass is 217 g/mol. The summed E-state index contributed by atoms with van der Waals surface area (Å²) in [5.41, 5.74) is -4.23. The van der Waals surface area contributed by atoms with Crippen LogP contribution in [0, 0.1) is 6.92 Å². The van der Waals surface area contributed by atoms with Crippen molar-refractivity contribution in [2.45, 2.75) is 13.1 Å². The standard InChI is InChI=1S/C5H4BF6N2/c1-2-3(5(7,8)9)4(14-13-2)6(10,11)12/h1H3,(H,13,14)/q-1. The van der Waals surface area contributed by atoms with E-state index < -0.39 is 30.0 Å². The second-order valence-electron chi connectivity index (χ2n) is 2.67. The van der Waals surface area contributed by atoms with E-state index in [1.807, 2.05) is 0 Å². The summed E-state index contributed by atoms with van der Waals surface area (Å²) in [6.07, 6.45) is -5.04. The molecule has 0 amide bonds. The first-order chi connectivity index (χ1) is 6.14. The molecule has 0 saturated carbocycles. The molecule has 1 aromatic heterocycles. The molecule has 0 bridgehead atoms. The molecule has 0 fully saturated rings. The molecule has 14 heavy (non-hydrogen) atoms. The summed E-state index contributed by atoms with van der Waals surface area (Å²) in [6, 6.07) is 0. The molecule has 0 radical (unpaired) electrons. The average molecular weight is 217 g/mol. The van der Waals surface area contributed by atoms with Gasteiger partial charge in [0.1, 0.15) is 0 Å². The lowest BCUT2D eigenvalue weighted by Gasteiger charge is -2.16. The van der Waals surface area contributed by atoms with Crippen LogP contribution in [0.25, 0.3) is 0 Å². The number of rotatable bonds is 1. The van der Waals surface area contributed by atoms with Crippen molar-refractivity contribution in [2.24, 2.45) is 0 Å². The van der Waals surface area contributed by atoms with Crippen LogP contribution in [0.5, 0.6) is 0 Å². The van der Waals surface area contributed by atoms with E-state index in [1.165, 1.54) is 5.10 Å². The number of aromatic amines is 1. The van der Waals surface area contributed by atoms with Gasteiger partial charge in [-0.05, 0) is 12.5 Å². The Hall–Kier alpha value is -1.15. The summed E-state index contributed by atoms with van der Waals surface area (Å²) in [4.78, 5) is 0. The second-order valence-corrected chi connectivity index (χ2v) is 2.67. The van der Waals surface area contributed by atoms with E-state index in [9.17, 15) is 26.1 Å². The topological polar surface area (TPSA) is 28.7 Å². The van der Waals surface area contributed by atoms with E-state index in [0.717, 1.165) is 6.92 Å². The molecule has 1 rings (SSSR count). The summed E-state index contributed by atoms with van der Waals surface area (Å²) in [7, 11) is 0. The Kier molecular flexibility index (Phi) is 2.28. The Morgan fingerprint density at radius 3 is 2.00 bits per heavy atom. The number of aryl methyl sites for hydroxylation is 1. The third kappa shape index (κ3) is 1.85. The van der Waals surface area contributed by atoms with Gasteiger partial charge in [-0.1, -0.05) is 0 Å². The highest BCUT2D eigenvalue weighted by molar-refractivity contribution is 6.73. The van der Waals surface area contributed by atoms with Gasteiger partial charge < -0.3 is 18.0 Å². The molecule has 1 N–H and O–H groups in total. The highest BCUT2D eigenvalue weighted by Crippen LogP contribution is 2.31. The fourth-order valence-electron chi connectivity index (χ4n) is 1.05. The van der Waals surface area contributed by atoms with E-state index in [0.29, 0.717) is 0 Å². The quantitative estimate of drug-likeness (QED) is 0.563. The van der Waals surface area contributed by atoms with Crippen LogP contribution in [0.2, 0.25) is 0 Å². The number of halogens is 6. The number of nitrogens with zero attached hydrogens (tertiary/aromatic N) is 1. The fourth-order valence-corrected chi connectivity index (χ4v) is 1.05. The molecule has 1 aromatic rings. The highest BCUT2D eigenvalue weighted by atomic mass is 19.4. The predicted molar refractivity (Wildman–Crippen MR) is 37.0 cm³/mol. The maximum absolute atomic E-state index is 12.1. The highest BCUT2D eigenvalue weighted by Gasteiger charge is 2.43. The summed E-state index contributed by atoms with van der Waals surface area (Å²) < 4.78 is 72.6. The first-order valence-electron chi connectivity index (χ1n) is 3.46. The molecular formula is C5H4BF6N2-. The summed E-state index contributed by atoms with van der Waals surface area (Å²) in [5, 5.41) is 4.25. The summed E-state index contributed by atoms with van der Waals surface area (Å²) in [5.74, 6) is 0. The zero-order chi connectivity index (χ0) is 11.1. The molecule has 0 aromatic carbocycles. The van der Waals surface area contributed by atoms with Crippen molar-refractivity contribution in [1.29, 1.82) is 0 Å². The van der Waals surface area contributed by atoms with E-state index in [1.54, 1.807) is 0 Å². The number of alkyl halides is 3. The van der Waals surface area contributed by atoms with Gasteiger partial charge in [-0.25, -0.2) is 0 Å². The lowest BCUT2D eigenvalue weighted by atomic mass is 9.82. The maximum atomic E-state index is 12.1. The molecule has 9 heteroatoms. The summed E-state index contributed by atoms with van der Waals surface area (Å²) >= 11 is 0. The van der Waals surface area contributed by atoms with E-state index in [2.05, 4.69) is 5.10 Å². The van der Waals surface area contributed by atoms with Crippen LogP contribution in [-0.2, 0) is 6.18 Å². The number of aromatic nitrogens is 2. The van der Waals surface area contributed by atoms with Gasteiger partial charge in [0, 0.05) is 0 Å². The van der Waals surface area contributed by atoms with Crippen LogP contribution in [0.15, 0.2) is 0 Å². The molecule has 0 aliphatic carbocycles. The minimum Gasteiger partial charge on any atom is -0.444 e. The average Bonchev–Trinajstić information content (AvgIpc) is 2.27. The first-order valence-corrected chi connectivity index (χ1v) is 3.46. The van der Waals surface area contributed by atoms with Crippen LogP contribution in [0.4, 0.5) is 26.1 Å². The summed E-state index contributed by atoms with van der Waals surface area (Å²) in [6.45, 7) is -4.85. The van der Waals surface area contributed by atoms with Crippen molar-refractivity contribution in [2.75, 3.05) is 0 Å². The minimum absolute atomic E-state index is 0.702. The third-order valence-electron chi connectivity index (χ3n) is 1.59. The van der Waals surface area contributed by atoms with Gasteiger partial charge in [-0.15, -0.1) is 0 Å². The van der Waals surface area contributed by atoms with Gasteiger partial charge in [-0.2, -0.15) is 18.3 Å². The van der Waals surface area contributed by atoms with Crippen molar-refractivity contribution < 1.29 is 26.1 Å². The smallest absolute Gasteiger partial charge is 0.444 e. The Morgan fingerprint density at radius 2 is 1.71 bits per heavy atom. The van der Waals surface area contributed by atoms with Crippen LogP contribution in [-0.4, -0.2) is 17.2 Å². The number of hydrogen-bond donors (Lipinski definition) is 1. The Bertz CT molecular complexity index is 337. The molecule has 0 unspecified atom stereocenters. The molecule has 0 atom stereocenters. The Balaban J connectivity index is 3.35. The van der Waals surface area contributed by atoms with Crippen LogP contribution >= 0.6 is 0 Å². The zero-order valence-corrected chi connectivity index (χ0v) is 6.79. The van der Waals surface area contributed by atoms with Gasteiger partial charge in [0.25, 0.3) is 0 Å². The van der Waals surface area contributed by atoms with Crippen LogP contribution in [0.1, 0.15) is 11.3 Å². The van der Waals surface area contributed by atoms with Gasteiger partial charge in [-0.3, -0.25) is 0 Å². The largest absolute Gasteiger partial charge is 0.527 e. The molecule has 0 aliphatic heterocycles.